The Labute approximate surface area is 152 Å². The Balaban J connectivity index is 2.38. The molecule has 0 aliphatic heterocycles. The zero-order valence-electron chi connectivity index (χ0n) is 13.5. The topological polar surface area (TPSA) is 42.2 Å². The van der Waals surface area contributed by atoms with Gasteiger partial charge in [0.25, 0.3) is 0 Å². The Hall–Kier alpha value is -2.73. The fraction of sp³-hybridized carbons (Fsp3) is 0.105. The lowest BCUT2D eigenvalue weighted by Gasteiger charge is -2.13. The number of benzene rings is 2. The quantitative estimate of drug-likeness (QED) is 0.622. The maximum atomic E-state index is 13.8. The molecule has 3 rings (SSSR count). The Morgan fingerprint density at radius 2 is 1.65 bits per heavy atom. The van der Waals surface area contributed by atoms with E-state index in [-0.39, 0.29) is 11.3 Å². The molecule has 134 valence electrons. The van der Waals surface area contributed by atoms with Crippen molar-refractivity contribution in [3.8, 4) is 16.8 Å². The molecular formula is C19H13ClF3NO2. The molecule has 0 unspecified atom stereocenters. The van der Waals surface area contributed by atoms with Gasteiger partial charge in [0.1, 0.15) is 5.69 Å². The highest BCUT2D eigenvalue weighted by atomic mass is 35.5. The summed E-state index contributed by atoms with van der Waals surface area (Å²) < 4.78 is 42.1. The number of aryl methyl sites for hydroxylation is 1. The van der Waals surface area contributed by atoms with Crippen molar-refractivity contribution in [1.82, 2.24) is 4.57 Å². The average Bonchev–Trinajstić information content (AvgIpc) is 2.97. The van der Waals surface area contributed by atoms with Gasteiger partial charge < -0.3 is 9.67 Å². The molecule has 0 aliphatic rings. The highest BCUT2D eigenvalue weighted by molar-refractivity contribution is 6.30. The van der Waals surface area contributed by atoms with Crippen molar-refractivity contribution >= 4 is 17.6 Å². The van der Waals surface area contributed by atoms with Gasteiger partial charge in [0.05, 0.1) is 5.56 Å². The summed E-state index contributed by atoms with van der Waals surface area (Å²) in [5.74, 6) is -1.64. The monoisotopic (exact) mass is 379 g/mol. The third-order valence-electron chi connectivity index (χ3n) is 4.03. The predicted molar refractivity (Wildman–Crippen MR) is 92.9 cm³/mol. The first kappa shape index (κ1) is 18.1. The number of halogens is 4. The number of alkyl halides is 3. The van der Waals surface area contributed by atoms with Crippen molar-refractivity contribution < 1.29 is 23.1 Å². The molecule has 3 nitrogen and oxygen atoms in total. The molecule has 0 radical (unpaired) electrons. The van der Waals surface area contributed by atoms with E-state index in [1.807, 2.05) is 0 Å². The zero-order valence-corrected chi connectivity index (χ0v) is 14.3. The molecule has 0 aliphatic carbocycles. The van der Waals surface area contributed by atoms with Crippen LogP contribution in [0.15, 0.2) is 54.7 Å². The Morgan fingerprint density at radius 3 is 2.19 bits per heavy atom. The molecule has 0 atom stereocenters. The largest absolute Gasteiger partial charge is 0.478 e. The molecule has 1 heterocycles. The van der Waals surface area contributed by atoms with Gasteiger partial charge in [-0.3, -0.25) is 0 Å². The van der Waals surface area contributed by atoms with Gasteiger partial charge in [0.15, 0.2) is 0 Å². The van der Waals surface area contributed by atoms with Gasteiger partial charge in [-0.15, -0.1) is 0 Å². The Morgan fingerprint density at radius 1 is 1.04 bits per heavy atom. The molecule has 0 bridgehead atoms. The van der Waals surface area contributed by atoms with Crippen LogP contribution in [-0.4, -0.2) is 15.6 Å². The first-order valence-electron chi connectivity index (χ1n) is 7.58. The third kappa shape index (κ3) is 3.20. The first-order chi connectivity index (χ1) is 12.2. The van der Waals surface area contributed by atoms with Gasteiger partial charge >= 0.3 is 12.1 Å². The number of carboxylic acids is 1. The lowest BCUT2D eigenvalue weighted by Crippen LogP contribution is -2.16. The minimum atomic E-state index is -4.85. The SMILES string of the molecule is Cc1ccccc1-c1cn(-c2ccc(Cl)cc2)c(C(F)(F)F)c1C(=O)O. The lowest BCUT2D eigenvalue weighted by molar-refractivity contribution is -0.142. The predicted octanol–water partition coefficient (Wildman–Crippen LogP) is 5.82. The van der Waals surface area contributed by atoms with Gasteiger partial charge in [0.2, 0.25) is 0 Å². The summed E-state index contributed by atoms with van der Waals surface area (Å²) in [6, 6.07) is 12.4. The van der Waals surface area contributed by atoms with Crippen LogP contribution in [-0.2, 0) is 6.18 Å². The number of nitrogens with zero attached hydrogens (tertiary/aromatic N) is 1. The second kappa shape index (κ2) is 6.53. The van der Waals surface area contributed by atoms with E-state index in [4.69, 9.17) is 11.6 Å². The van der Waals surface area contributed by atoms with E-state index >= 15 is 0 Å². The normalized spacial score (nSPS) is 11.6. The second-order valence-corrected chi connectivity index (χ2v) is 6.17. The van der Waals surface area contributed by atoms with Crippen molar-refractivity contribution in [3.05, 3.63) is 76.6 Å². The highest BCUT2D eigenvalue weighted by Gasteiger charge is 2.41. The van der Waals surface area contributed by atoms with E-state index in [0.717, 1.165) is 4.57 Å². The van der Waals surface area contributed by atoms with Crippen molar-refractivity contribution in [2.24, 2.45) is 0 Å². The van der Waals surface area contributed by atoms with Crippen LogP contribution in [0.5, 0.6) is 0 Å². The van der Waals surface area contributed by atoms with Gasteiger partial charge in [-0.25, -0.2) is 4.79 Å². The lowest BCUT2D eigenvalue weighted by atomic mass is 9.98. The number of aromatic nitrogens is 1. The fourth-order valence-corrected chi connectivity index (χ4v) is 3.01. The van der Waals surface area contributed by atoms with Crippen molar-refractivity contribution in [2.75, 3.05) is 0 Å². The van der Waals surface area contributed by atoms with E-state index in [0.29, 0.717) is 16.1 Å². The molecule has 1 N–H and O–H groups in total. The number of carbonyl (C=O) groups is 1. The summed E-state index contributed by atoms with van der Waals surface area (Å²) in [4.78, 5) is 11.7. The van der Waals surface area contributed by atoms with Crippen LogP contribution in [0.3, 0.4) is 0 Å². The third-order valence-corrected chi connectivity index (χ3v) is 4.28. The number of hydrogen-bond donors (Lipinski definition) is 1. The average molecular weight is 380 g/mol. The summed E-state index contributed by atoms with van der Waals surface area (Å²) in [7, 11) is 0. The Bertz CT molecular complexity index is 975. The molecule has 0 saturated carbocycles. The van der Waals surface area contributed by atoms with E-state index in [2.05, 4.69) is 0 Å². The van der Waals surface area contributed by atoms with Crippen LogP contribution in [0.1, 0.15) is 21.6 Å². The molecular weight excluding hydrogens is 367 g/mol. The summed E-state index contributed by atoms with van der Waals surface area (Å²) >= 11 is 5.81. The molecule has 0 amide bonds. The van der Waals surface area contributed by atoms with Crippen LogP contribution in [0.2, 0.25) is 5.02 Å². The minimum Gasteiger partial charge on any atom is -0.478 e. The van der Waals surface area contributed by atoms with Gasteiger partial charge in [-0.2, -0.15) is 13.2 Å². The Kier molecular flexibility index (Phi) is 4.54. The van der Waals surface area contributed by atoms with Crippen LogP contribution < -0.4 is 0 Å². The number of rotatable bonds is 3. The fourth-order valence-electron chi connectivity index (χ4n) is 2.89. The smallest absolute Gasteiger partial charge is 0.432 e. The van der Waals surface area contributed by atoms with Crippen LogP contribution in [0.25, 0.3) is 16.8 Å². The molecule has 1 aromatic heterocycles. The standard InChI is InChI=1S/C19H13ClF3NO2/c1-11-4-2-3-5-14(11)15-10-24(13-8-6-12(20)7-9-13)17(19(21,22)23)16(15)18(25)26/h2-10H,1H3,(H,25,26). The molecule has 2 aromatic carbocycles. The molecule has 7 heteroatoms. The highest BCUT2D eigenvalue weighted by Crippen LogP contribution is 2.40. The van der Waals surface area contributed by atoms with Crippen molar-refractivity contribution in [3.63, 3.8) is 0 Å². The van der Waals surface area contributed by atoms with Crippen molar-refractivity contribution in [2.45, 2.75) is 13.1 Å². The molecule has 26 heavy (non-hydrogen) atoms. The molecule has 0 fully saturated rings. The summed E-state index contributed by atoms with van der Waals surface area (Å²) in [6.07, 6.45) is -3.65. The van der Waals surface area contributed by atoms with E-state index in [1.165, 1.54) is 30.5 Å². The molecule has 3 aromatic rings. The summed E-state index contributed by atoms with van der Waals surface area (Å²) in [5.41, 5.74) is -0.714. The number of hydrogen-bond acceptors (Lipinski definition) is 1. The summed E-state index contributed by atoms with van der Waals surface area (Å²) in [5, 5.41) is 9.90. The van der Waals surface area contributed by atoms with Crippen LogP contribution >= 0.6 is 11.6 Å². The van der Waals surface area contributed by atoms with Gasteiger partial charge in [0, 0.05) is 22.5 Å². The van der Waals surface area contributed by atoms with Gasteiger partial charge in [-0.05, 0) is 42.3 Å². The zero-order chi connectivity index (χ0) is 19.1. The van der Waals surface area contributed by atoms with E-state index in [1.54, 1.807) is 31.2 Å². The molecule has 0 spiro atoms. The summed E-state index contributed by atoms with van der Waals surface area (Å²) in [6.45, 7) is 1.72. The number of aromatic carboxylic acids is 1. The minimum absolute atomic E-state index is 0.0119. The van der Waals surface area contributed by atoms with E-state index < -0.39 is 23.4 Å². The van der Waals surface area contributed by atoms with E-state index in [9.17, 15) is 23.1 Å². The number of carboxylic acid groups (broad SMARTS) is 1. The van der Waals surface area contributed by atoms with Crippen LogP contribution in [0.4, 0.5) is 13.2 Å². The first-order valence-corrected chi connectivity index (χ1v) is 7.95. The van der Waals surface area contributed by atoms with Crippen LogP contribution in [0, 0.1) is 6.92 Å². The molecule has 0 saturated heterocycles. The van der Waals surface area contributed by atoms with Crippen molar-refractivity contribution in [1.29, 1.82) is 0 Å². The van der Waals surface area contributed by atoms with Gasteiger partial charge in [-0.1, -0.05) is 35.9 Å². The maximum Gasteiger partial charge on any atom is 0.432 e. The maximum absolute atomic E-state index is 13.8. The second-order valence-electron chi connectivity index (χ2n) is 5.73.